The lowest BCUT2D eigenvalue weighted by Crippen LogP contribution is -2.38. The van der Waals surface area contributed by atoms with Crippen LogP contribution in [0.25, 0.3) is 44.3 Å². The molecule has 2 amide bonds. The highest BCUT2D eigenvalue weighted by Gasteiger charge is 2.28. The molecule has 300 valence electrons. The van der Waals surface area contributed by atoms with Crippen molar-refractivity contribution in [3.05, 3.63) is 178 Å². The quantitative estimate of drug-likeness (QED) is 0.174. The number of nitrogens with zero attached hydrogens (tertiary/aromatic N) is 4. The van der Waals surface area contributed by atoms with Crippen LogP contribution in [0.3, 0.4) is 0 Å². The molecular weight excluding hydrogens is 787 g/mol. The van der Waals surface area contributed by atoms with Crippen LogP contribution in [-0.2, 0) is 0 Å². The predicted molar refractivity (Wildman–Crippen MR) is 242 cm³/mol. The van der Waals surface area contributed by atoms with E-state index in [1.165, 1.54) is 0 Å². The van der Waals surface area contributed by atoms with Gasteiger partial charge in [-0.25, -0.2) is 9.97 Å². The molecule has 6 aromatic carbocycles. The molecule has 2 aromatic heterocycles. The summed E-state index contributed by atoms with van der Waals surface area (Å²) in [6.45, 7) is 2.98. The smallest absolute Gasteiger partial charge is 0.253 e. The summed E-state index contributed by atoms with van der Waals surface area (Å²) in [5.74, 6) is 2.98. The van der Waals surface area contributed by atoms with Crippen molar-refractivity contribution >= 4 is 57.1 Å². The second kappa shape index (κ2) is 17.6. The minimum Gasteiger partial charge on any atom is -0.342 e. The summed E-state index contributed by atoms with van der Waals surface area (Å²) in [5.41, 5.74) is 9.69. The largest absolute Gasteiger partial charge is 0.342 e. The van der Waals surface area contributed by atoms with E-state index in [4.69, 9.17) is 33.2 Å². The number of hydrogen-bond donors (Lipinski definition) is 2. The van der Waals surface area contributed by atoms with Gasteiger partial charge in [0.05, 0.1) is 22.1 Å². The van der Waals surface area contributed by atoms with Gasteiger partial charge in [0.1, 0.15) is 11.6 Å². The van der Waals surface area contributed by atoms with Crippen LogP contribution >= 0.6 is 23.2 Å². The Morgan fingerprint density at radius 1 is 0.500 bits per heavy atom. The van der Waals surface area contributed by atoms with Crippen molar-refractivity contribution in [1.29, 1.82) is 0 Å². The molecule has 2 aliphatic rings. The third-order valence-corrected chi connectivity index (χ3v) is 12.3. The summed E-state index contributed by atoms with van der Waals surface area (Å²) >= 11 is 12.4. The van der Waals surface area contributed by atoms with Crippen LogP contribution < -0.4 is 0 Å². The molecule has 2 N–H and O–H groups in total. The maximum atomic E-state index is 13.0. The number of rotatable bonds is 6. The van der Waals surface area contributed by atoms with Gasteiger partial charge in [-0.15, -0.1) is 0 Å². The number of para-hydroxylation sites is 4. The number of benzene rings is 6. The van der Waals surface area contributed by atoms with Crippen LogP contribution in [0.4, 0.5) is 0 Å². The maximum Gasteiger partial charge on any atom is 0.253 e. The molecule has 0 atom stereocenters. The van der Waals surface area contributed by atoms with E-state index in [1.54, 1.807) is 0 Å². The molecule has 0 saturated carbocycles. The van der Waals surface area contributed by atoms with Crippen LogP contribution in [0.15, 0.2) is 146 Å². The Morgan fingerprint density at radius 2 is 0.967 bits per heavy atom. The van der Waals surface area contributed by atoms with Crippen LogP contribution in [0.2, 0.25) is 10.0 Å². The molecule has 8 nitrogen and oxygen atoms in total. The molecule has 2 aliphatic heterocycles. The summed E-state index contributed by atoms with van der Waals surface area (Å²) in [7, 11) is 0. The Hall–Kier alpha value is -6.22. The lowest BCUT2D eigenvalue weighted by Gasteiger charge is -2.31. The lowest BCUT2D eigenvalue weighted by atomic mass is 9.95. The Balaban J connectivity index is 0.000000154. The zero-order valence-corrected chi connectivity index (χ0v) is 34.5. The highest BCUT2D eigenvalue weighted by Crippen LogP contribution is 2.32. The Bertz CT molecular complexity index is 2700. The Morgan fingerprint density at radius 3 is 1.45 bits per heavy atom. The molecule has 0 unspecified atom stereocenters. The van der Waals surface area contributed by atoms with Crippen molar-refractivity contribution in [3.63, 3.8) is 0 Å². The van der Waals surface area contributed by atoms with Gasteiger partial charge in [0.2, 0.25) is 0 Å². The number of aromatic amines is 2. The number of carbonyl (C=O) groups is 2. The number of likely N-dealkylation sites (tertiary alicyclic amines) is 2. The zero-order valence-electron chi connectivity index (χ0n) is 33.0. The Labute approximate surface area is 359 Å². The summed E-state index contributed by atoms with van der Waals surface area (Å²) in [6, 6.07) is 47.2. The molecule has 60 heavy (non-hydrogen) atoms. The standard InChI is InChI=1S/2C25H22ClN3O/c26-21-5-3-4-20(16-21)17-8-10-19(11-9-17)25(30)29-14-12-18(13-15-29)24-27-22-6-1-2-7-23(22)28-24;26-21-6-2-1-5-20(21)17-9-11-19(12-10-17)25(30)29-15-13-18(14-16-29)24-27-22-7-3-4-8-23(22)28-24/h1-11,16,18H,12-15H2,(H,27,28);1-12,18H,13-16H2,(H,27,28). The summed E-state index contributed by atoms with van der Waals surface area (Å²) in [6.07, 6.45) is 3.69. The van der Waals surface area contributed by atoms with Crippen molar-refractivity contribution in [2.75, 3.05) is 26.2 Å². The first-order chi connectivity index (χ1) is 29.4. The van der Waals surface area contributed by atoms with E-state index in [0.717, 1.165) is 113 Å². The first kappa shape index (κ1) is 39.3. The van der Waals surface area contributed by atoms with Crippen molar-refractivity contribution in [1.82, 2.24) is 29.7 Å². The summed E-state index contributed by atoms with van der Waals surface area (Å²) in [4.78, 5) is 46.2. The first-order valence-electron chi connectivity index (χ1n) is 20.5. The van der Waals surface area contributed by atoms with Crippen LogP contribution in [0.5, 0.6) is 0 Å². The number of piperidine rings is 2. The molecule has 0 bridgehead atoms. The highest BCUT2D eigenvalue weighted by atomic mass is 35.5. The first-order valence-corrected chi connectivity index (χ1v) is 21.3. The van der Waals surface area contributed by atoms with Gasteiger partial charge in [0, 0.05) is 64.8 Å². The monoisotopic (exact) mass is 830 g/mol. The van der Waals surface area contributed by atoms with Crippen molar-refractivity contribution in [3.8, 4) is 22.3 Å². The van der Waals surface area contributed by atoms with Gasteiger partial charge in [-0.3, -0.25) is 9.59 Å². The van der Waals surface area contributed by atoms with Gasteiger partial charge in [-0.2, -0.15) is 0 Å². The van der Waals surface area contributed by atoms with Crippen molar-refractivity contribution in [2.45, 2.75) is 37.5 Å². The summed E-state index contributed by atoms with van der Waals surface area (Å²) < 4.78 is 0. The minimum atomic E-state index is 0.0868. The second-order valence-electron chi connectivity index (χ2n) is 15.6. The molecule has 10 heteroatoms. The SMILES string of the molecule is O=C(c1ccc(-c2cccc(Cl)c2)cc1)N1CCC(c2nc3ccccc3[nH]2)CC1.O=C(c1ccc(-c2ccccc2Cl)cc1)N1CCC(c2nc3ccccc3[nH]2)CC1. The number of fused-ring (bicyclic) bond motifs is 2. The molecule has 0 aliphatic carbocycles. The highest BCUT2D eigenvalue weighted by molar-refractivity contribution is 6.33. The third kappa shape index (κ3) is 8.58. The predicted octanol–water partition coefficient (Wildman–Crippen LogP) is 11.8. The molecule has 2 saturated heterocycles. The van der Waals surface area contributed by atoms with Crippen LogP contribution in [0, 0.1) is 0 Å². The van der Waals surface area contributed by atoms with Crippen molar-refractivity contribution < 1.29 is 9.59 Å². The van der Waals surface area contributed by atoms with Gasteiger partial charge in [0.25, 0.3) is 11.8 Å². The van der Waals surface area contributed by atoms with E-state index in [1.807, 2.05) is 143 Å². The number of imidazole rings is 2. The lowest BCUT2D eigenvalue weighted by molar-refractivity contribution is 0.0704. The number of H-pyrrole nitrogens is 2. The van der Waals surface area contributed by atoms with Gasteiger partial charge in [-0.1, -0.05) is 102 Å². The number of carbonyl (C=O) groups excluding carboxylic acids is 2. The average molecular weight is 832 g/mol. The van der Waals surface area contributed by atoms with E-state index in [9.17, 15) is 9.59 Å². The molecular formula is C50H44Cl2N6O2. The molecule has 0 radical (unpaired) electrons. The third-order valence-electron chi connectivity index (χ3n) is 11.8. The fourth-order valence-electron chi connectivity index (χ4n) is 8.37. The molecule has 0 spiro atoms. The number of halogens is 2. The normalized spacial score (nSPS) is 14.9. The average Bonchev–Trinajstić information content (AvgIpc) is 3.95. The van der Waals surface area contributed by atoms with Crippen molar-refractivity contribution in [2.24, 2.45) is 0 Å². The molecule has 8 aromatic rings. The number of nitrogens with one attached hydrogen (secondary N) is 2. The van der Waals surface area contributed by atoms with Crippen LogP contribution in [0.1, 0.15) is 69.9 Å². The summed E-state index contributed by atoms with van der Waals surface area (Å²) in [5, 5.41) is 1.42. The fourth-order valence-corrected chi connectivity index (χ4v) is 8.81. The molecule has 4 heterocycles. The van der Waals surface area contributed by atoms with Crippen LogP contribution in [-0.4, -0.2) is 67.7 Å². The topological polar surface area (TPSA) is 98.0 Å². The van der Waals surface area contributed by atoms with E-state index < -0.39 is 0 Å². The van der Waals surface area contributed by atoms with Gasteiger partial charge in [-0.05, 0) is 109 Å². The number of aromatic nitrogens is 4. The van der Waals surface area contributed by atoms with E-state index >= 15 is 0 Å². The Kier molecular flexibility index (Phi) is 11.5. The molecule has 10 rings (SSSR count). The van der Waals surface area contributed by atoms with E-state index in [2.05, 4.69) is 22.1 Å². The molecule has 2 fully saturated rings. The zero-order chi connectivity index (χ0) is 41.0. The van der Waals surface area contributed by atoms with Gasteiger partial charge in [0.15, 0.2) is 0 Å². The minimum absolute atomic E-state index is 0.0868. The van der Waals surface area contributed by atoms with E-state index in [-0.39, 0.29) is 11.8 Å². The van der Waals surface area contributed by atoms with Gasteiger partial charge >= 0.3 is 0 Å². The number of hydrogen-bond acceptors (Lipinski definition) is 4. The van der Waals surface area contributed by atoms with Gasteiger partial charge < -0.3 is 19.8 Å². The van der Waals surface area contributed by atoms with E-state index in [0.29, 0.717) is 27.4 Å². The second-order valence-corrected chi connectivity index (χ2v) is 16.4. The fraction of sp³-hybridized carbons (Fsp3) is 0.200. The number of amides is 2. The maximum absolute atomic E-state index is 13.0.